The quantitative estimate of drug-likeness (QED) is 0.848. The highest BCUT2D eigenvalue weighted by Crippen LogP contribution is 2.37. The lowest BCUT2D eigenvalue weighted by atomic mass is 9.77. The largest absolute Gasteiger partial charge is 0.313 e. The summed E-state index contributed by atoms with van der Waals surface area (Å²) in [7, 11) is 1.91. The maximum atomic E-state index is 14.0. The first-order chi connectivity index (χ1) is 8.61. The van der Waals surface area contributed by atoms with E-state index in [1.54, 1.807) is 6.07 Å². The Labute approximate surface area is 114 Å². The highest BCUT2D eigenvalue weighted by molar-refractivity contribution is 6.30. The predicted octanol–water partition coefficient (Wildman–Crippen LogP) is 4.57. The van der Waals surface area contributed by atoms with E-state index in [0.717, 1.165) is 11.5 Å². The van der Waals surface area contributed by atoms with Crippen LogP contribution in [0, 0.1) is 17.7 Å². The van der Waals surface area contributed by atoms with Gasteiger partial charge in [0, 0.05) is 16.6 Å². The van der Waals surface area contributed by atoms with E-state index in [4.69, 9.17) is 11.6 Å². The van der Waals surface area contributed by atoms with Crippen LogP contribution < -0.4 is 5.32 Å². The van der Waals surface area contributed by atoms with Crippen LogP contribution in [0.3, 0.4) is 0 Å². The van der Waals surface area contributed by atoms with Crippen molar-refractivity contribution in [3.05, 3.63) is 34.6 Å². The predicted molar refractivity (Wildman–Crippen MR) is 74.3 cm³/mol. The molecule has 0 radical (unpaired) electrons. The van der Waals surface area contributed by atoms with E-state index < -0.39 is 0 Å². The van der Waals surface area contributed by atoms with E-state index in [0.29, 0.717) is 10.9 Å². The molecule has 1 aliphatic carbocycles. The Morgan fingerprint density at radius 2 is 1.94 bits per heavy atom. The lowest BCUT2D eigenvalue weighted by molar-refractivity contribution is 0.235. The van der Waals surface area contributed by atoms with Crippen molar-refractivity contribution in [3.8, 4) is 0 Å². The van der Waals surface area contributed by atoms with Gasteiger partial charge in [-0.2, -0.15) is 0 Å². The molecule has 0 amide bonds. The summed E-state index contributed by atoms with van der Waals surface area (Å²) in [6, 6.07) is 5.11. The molecule has 0 spiro atoms. The fourth-order valence-electron chi connectivity index (χ4n) is 3.02. The van der Waals surface area contributed by atoms with Crippen molar-refractivity contribution in [3.63, 3.8) is 0 Å². The minimum Gasteiger partial charge on any atom is -0.313 e. The van der Waals surface area contributed by atoms with Crippen molar-refractivity contribution in [1.29, 1.82) is 0 Å². The molecule has 1 atom stereocenters. The van der Waals surface area contributed by atoms with Gasteiger partial charge in [0.1, 0.15) is 5.82 Å². The van der Waals surface area contributed by atoms with E-state index in [9.17, 15) is 4.39 Å². The molecule has 0 bridgehead atoms. The van der Waals surface area contributed by atoms with Crippen molar-refractivity contribution in [2.45, 2.75) is 38.6 Å². The van der Waals surface area contributed by atoms with Gasteiger partial charge in [0.2, 0.25) is 0 Å². The van der Waals surface area contributed by atoms with Gasteiger partial charge in [-0.05, 0) is 43.9 Å². The van der Waals surface area contributed by atoms with Gasteiger partial charge in [-0.3, -0.25) is 0 Å². The number of rotatable bonds is 3. The summed E-state index contributed by atoms with van der Waals surface area (Å²) in [5, 5.41) is 3.74. The van der Waals surface area contributed by atoms with Crippen LogP contribution in [0.2, 0.25) is 5.02 Å². The van der Waals surface area contributed by atoms with E-state index in [2.05, 4.69) is 12.2 Å². The zero-order valence-electron chi connectivity index (χ0n) is 11.0. The van der Waals surface area contributed by atoms with Crippen LogP contribution in [0.25, 0.3) is 0 Å². The van der Waals surface area contributed by atoms with Crippen molar-refractivity contribution in [2.24, 2.45) is 11.8 Å². The van der Waals surface area contributed by atoms with Gasteiger partial charge in [0.25, 0.3) is 0 Å². The highest BCUT2D eigenvalue weighted by atomic mass is 35.5. The van der Waals surface area contributed by atoms with Crippen molar-refractivity contribution >= 4 is 11.6 Å². The molecule has 2 rings (SSSR count). The third-order valence-corrected chi connectivity index (χ3v) is 4.38. The van der Waals surface area contributed by atoms with E-state index in [-0.39, 0.29) is 11.9 Å². The van der Waals surface area contributed by atoms with Crippen LogP contribution in [-0.4, -0.2) is 7.05 Å². The van der Waals surface area contributed by atoms with Crippen LogP contribution in [-0.2, 0) is 0 Å². The van der Waals surface area contributed by atoms with Gasteiger partial charge >= 0.3 is 0 Å². The molecule has 1 aromatic rings. The van der Waals surface area contributed by atoms with Crippen molar-refractivity contribution in [2.75, 3.05) is 7.05 Å². The summed E-state index contributed by atoms with van der Waals surface area (Å²) in [6.07, 6.45) is 4.85. The Hall–Kier alpha value is -0.600. The normalized spacial score (nSPS) is 26.0. The molecule has 18 heavy (non-hydrogen) atoms. The molecule has 1 unspecified atom stereocenters. The molecule has 1 nitrogen and oxygen atoms in total. The molecular weight excluding hydrogens is 249 g/mol. The van der Waals surface area contributed by atoms with E-state index in [1.807, 2.05) is 13.1 Å². The topological polar surface area (TPSA) is 12.0 Å². The zero-order valence-corrected chi connectivity index (χ0v) is 11.8. The van der Waals surface area contributed by atoms with Crippen LogP contribution in [0.1, 0.15) is 44.2 Å². The first kappa shape index (κ1) is 13.8. The molecule has 1 fully saturated rings. The van der Waals surface area contributed by atoms with Crippen LogP contribution in [0.4, 0.5) is 4.39 Å². The van der Waals surface area contributed by atoms with Crippen molar-refractivity contribution in [1.82, 2.24) is 5.32 Å². The molecule has 1 aromatic carbocycles. The zero-order chi connectivity index (χ0) is 13.1. The fraction of sp³-hybridized carbons (Fsp3) is 0.600. The van der Waals surface area contributed by atoms with Crippen molar-refractivity contribution < 1.29 is 4.39 Å². The third kappa shape index (κ3) is 3.04. The minimum atomic E-state index is -0.194. The first-order valence-electron chi connectivity index (χ1n) is 6.74. The maximum Gasteiger partial charge on any atom is 0.129 e. The van der Waals surface area contributed by atoms with Gasteiger partial charge in [0.15, 0.2) is 0 Å². The SMILES string of the molecule is CNC(c1ccc(Cl)cc1F)C1CCC(C)CC1. The minimum absolute atomic E-state index is 0.106. The second kappa shape index (κ2) is 6.03. The summed E-state index contributed by atoms with van der Waals surface area (Å²) in [6.45, 7) is 2.30. The molecule has 100 valence electrons. The Morgan fingerprint density at radius 3 is 2.50 bits per heavy atom. The molecule has 1 aliphatic rings. The average Bonchev–Trinajstić information content (AvgIpc) is 2.35. The molecule has 1 N–H and O–H groups in total. The molecule has 0 aromatic heterocycles. The second-order valence-electron chi connectivity index (χ2n) is 5.45. The Morgan fingerprint density at radius 1 is 1.28 bits per heavy atom. The smallest absolute Gasteiger partial charge is 0.129 e. The standard InChI is InChI=1S/C15H21ClFN/c1-10-3-5-11(6-4-10)15(18-2)13-8-7-12(16)9-14(13)17/h7-11,15,18H,3-6H2,1-2H3. The maximum absolute atomic E-state index is 14.0. The van der Waals surface area contributed by atoms with Gasteiger partial charge in [-0.25, -0.2) is 4.39 Å². The highest BCUT2D eigenvalue weighted by Gasteiger charge is 2.27. The molecular formula is C15H21ClFN. The average molecular weight is 270 g/mol. The molecule has 0 aliphatic heterocycles. The Balaban J connectivity index is 2.17. The van der Waals surface area contributed by atoms with Gasteiger partial charge in [-0.1, -0.05) is 37.4 Å². The molecule has 0 heterocycles. The number of halogens is 2. The number of hydrogen-bond donors (Lipinski definition) is 1. The Kier molecular flexibility index (Phi) is 4.63. The lowest BCUT2D eigenvalue weighted by Crippen LogP contribution is -2.29. The molecule has 1 saturated carbocycles. The number of hydrogen-bond acceptors (Lipinski definition) is 1. The molecule has 3 heteroatoms. The van der Waals surface area contributed by atoms with Gasteiger partial charge < -0.3 is 5.32 Å². The van der Waals surface area contributed by atoms with E-state index >= 15 is 0 Å². The summed E-state index contributed by atoms with van der Waals surface area (Å²) in [5.74, 6) is 1.15. The third-order valence-electron chi connectivity index (χ3n) is 4.14. The summed E-state index contributed by atoms with van der Waals surface area (Å²) >= 11 is 5.81. The summed E-state index contributed by atoms with van der Waals surface area (Å²) < 4.78 is 14.0. The van der Waals surface area contributed by atoms with Gasteiger partial charge in [0.05, 0.1) is 0 Å². The van der Waals surface area contributed by atoms with Crippen LogP contribution in [0.15, 0.2) is 18.2 Å². The fourth-order valence-corrected chi connectivity index (χ4v) is 3.18. The first-order valence-corrected chi connectivity index (χ1v) is 7.11. The Bertz CT molecular complexity index is 399. The summed E-state index contributed by atoms with van der Waals surface area (Å²) in [5.41, 5.74) is 0.751. The van der Waals surface area contributed by atoms with E-state index in [1.165, 1.54) is 31.7 Å². The number of nitrogens with one attached hydrogen (secondary N) is 1. The lowest BCUT2D eigenvalue weighted by Gasteiger charge is -2.33. The number of benzene rings is 1. The van der Waals surface area contributed by atoms with Crippen LogP contribution >= 0.6 is 11.6 Å². The van der Waals surface area contributed by atoms with Crippen LogP contribution in [0.5, 0.6) is 0 Å². The van der Waals surface area contributed by atoms with Gasteiger partial charge in [-0.15, -0.1) is 0 Å². The monoisotopic (exact) mass is 269 g/mol. The molecule has 0 saturated heterocycles. The summed E-state index contributed by atoms with van der Waals surface area (Å²) in [4.78, 5) is 0. The second-order valence-corrected chi connectivity index (χ2v) is 5.89.